The highest BCUT2D eigenvalue weighted by molar-refractivity contribution is 8.00. The molecule has 0 saturated carbocycles. The fourth-order valence-electron chi connectivity index (χ4n) is 2.90. The van der Waals surface area contributed by atoms with Gasteiger partial charge >= 0.3 is 0 Å². The first-order chi connectivity index (χ1) is 14.2. The number of fused-ring (bicyclic) bond motifs is 1. The van der Waals surface area contributed by atoms with Crippen LogP contribution in [0.1, 0.15) is 6.92 Å². The Labute approximate surface area is 177 Å². The number of hydrogen-bond donors (Lipinski definition) is 1. The lowest BCUT2D eigenvalue weighted by Crippen LogP contribution is -2.14. The molecule has 29 heavy (non-hydrogen) atoms. The van der Waals surface area contributed by atoms with Crippen molar-refractivity contribution in [2.45, 2.75) is 11.8 Å². The summed E-state index contributed by atoms with van der Waals surface area (Å²) in [6.45, 7) is 2.60. The number of ether oxygens (including phenoxy) is 1. The van der Waals surface area contributed by atoms with Crippen LogP contribution in [-0.4, -0.2) is 23.3 Å². The minimum absolute atomic E-state index is 0.0440. The zero-order chi connectivity index (χ0) is 20.1. The van der Waals surface area contributed by atoms with Crippen molar-refractivity contribution in [1.82, 2.24) is 4.98 Å². The van der Waals surface area contributed by atoms with Crippen molar-refractivity contribution in [3.8, 4) is 16.3 Å². The largest absolute Gasteiger partial charge is 0.494 e. The third kappa shape index (κ3) is 4.78. The SMILES string of the molecule is CCOc1ccc(SCC(=O)Nc2ccccc2-c2nc3ccccc3s2)cc1. The van der Waals surface area contributed by atoms with Crippen molar-refractivity contribution in [2.75, 3.05) is 17.7 Å². The maximum absolute atomic E-state index is 12.5. The molecule has 0 fully saturated rings. The van der Waals surface area contributed by atoms with E-state index in [0.29, 0.717) is 12.4 Å². The van der Waals surface area contributed by atoms with Gasteiger partial charge < -0.3 is 10.1 Å². The molecule has 1 aromatic heterocycles. The number of aromatic nitrogens is 1. The molecule has 0 spiro atoms. The second-order valence-electron chi connectivity index (χ2n) is 6.27. The monoisotopic (exact) mass is 420 g/mol. The third-order valence-electron chi connectivity index (χ3n) is 4.23. The summed E-state index contributed by atoms with van der Waals surface area (Å²) in [5.41, 5.74) is 2.69. The molecule has 0 aliphatic rings. The predicted octanol–water partition coefficient (Wildman–Crippen LogP) is 6.09. The number of carbonyl (C=O) groups is 1. The number of thioether (sulfide) groups is 1. The summed E-state index contributed by atoms with van der Waals surface area (Å²) in [5.74, 6) is 1.13. The Bertz CT molecular complexity index is 1090. The van der Waals surface area contributed by atoms with E-state index in [1.807, 2.05) is 73.7 Å². The summed E-state index contributed by atoms with van der Waals surface area (Å²) in [4.78, 5) is 18.3. The quantitative estimate of drug-likeness (QED) is 0.367. The van der Waals surface area contributed by atoms with Crippen molar-refractivity contribution < 1.29 is 9.53 Å². The summed E-state index contributed by atoms with van der Waals surface area (Å²) in [5, 5.41) is 3.94. The zero-order valence-corrected chi connectivity index (χ0v) is 17.6. The van der Waals surface area contributed by atoms with Crippen LogP contribution in [0.3, 0.4) is 0 Å². The summed E-state index contributed by atoms with van der Waals surface area (Å²) < 4.78 is 6.58. The van der Waals surface area contributed by atoms with Gasteiger partial charge in [0.05, 0.1) is 28.3 Å². The summed E-state index contributed by atoms with van der Waals surface area (Å²) in [6.07, 6.45) is 0. The molecule has 146 valence electrons. The zero-order valence-electron chi connectivity index (χ0n) is 15.9. The van der Waals surface area contributed by atoms with Gasteiger partial charge in [0.25, 0.3) is 0 Å². The maximum Gasteiger partial charge on any atom is 0.234 e. The topological polar surface area (TPSA) is 51.2 Å². The highest BCUT2D eigenvalue weighted by Crippen LogP contribution is 2.34. The van der Waals surface area contributed by atoms with E-state index in [1.165, 1.54) is 11.8 Å². The molecular weight excluding hydrogens is 400 g/mol. The van der Waals surface area contributed by atoms with Crippen LogP contribution in [0.2, 0.25) is 0 Å². The van der Waals surface area contributed by atoms with Crippen LogP contribution in [0.4, 0.5) is 5.69 Å². The second kappa shape index (κ2) is 9.11. The Morgan fingerprint density at radius 2 is 1.79 bits per heavy atom. The Morgan fingerprint density at radius 3 is 2.59 bits per heavy atom. The molecule has 4 nitrogen and oxygen atoms in total. The van der Waals surface area contributed by atoms with Crippen molar-refractivity contribution in [2.24, 2.45) is 0 Å². The molecule has 0 bridgehead atoms. The average molecular weight is 421 g/mol. The van der Waals surface area contributed by atoms with Crippen LogP contribution in [0.15, 0.2) is 77.7 Å². The van der Waals surface area contributed by atoms with E-state index in [4.69, 9.17) is 9.72 Å². The lowest BCUT2D eigenvalue weighted by Gasteiger charge is -2.09. The molecule has 3 aromatic carbocycles. The normalized spacial score (nSPS) is 10.8. The van der Waals surface area contributed by atoms with Gasteiger partial charge in [-0.2, -0.15) is 0 Å². The smallest absolute Gasteiger partial charge is 0.234 e. The molecule has 0 radical (unpaired) electrons. The molecule has 1 heterocycles. The van der Waals surface area contributed by atoms with Gasteiger partial charge in [-0.15, -0.1) is 23.1 Å². The molecular formula is C23H20N2O2S2. The first kappa shape index (κ1) is 19.5. The number of rotatable bonds is 7. The Morgan fingerprint density at radius 1 is 1.03 bits per heavy atom. The predicted molar refractivity (Wildman–Crippen MR) is 122 cm³/mol. The van der Waals surface area contributed by atoms with E-state index in [-0.39, 0.29) is 5.91 Å². The van der Waals surface area contributed by atoms with Crippen molar-refractivity contribution in [3.63, 3.8) is 0 Å². The number of amides is 1. The van der Waals surface area contributed by atoms with Gasteiger partial charge in [-0.3, -0.25) is 4.79 Å². The highest BCUT2D eigenvalue weighted by atomic mass is 32.2. The van der Waals surface area contributed by atoms with Crippen molar-refractivity contribution >= 4 is 44.9 Å². The van der Waals surface area contributed by atoms with Crippen LogP contribution in [0.5, 0.6) is 5.75 Å². The molecule has 0 aliphatic carbocycles. The molecule has 1 N–H and O–H groups in total. The first-order valence-electron chi connectivity index (χ1n) is 9.33. The van der Waals surface area contributed by atoms with Crippen LogP contribution in [0, 0.1) is 0 Å². The van der Waals surface area contributed by atoms with Gasteiger partial charge in [0.15, 0.2) is 0 Å². The number of nitrogens with one attached hydrogen (secondary N) is 1. The Hall–Kier alpha value is -2.83. The van der Waals surface area contributed by atoms with Gasteiger partial charge in [0.1, 0.15) is 10.8 Å². The Kier molecular flexibility index (Phi) is 6.12. The minimum atomic E-state index is -0.0440. The third-order valence-corrected chi connectivity index (χ3v) is 6.31. The molecule has 6 heteroatoms. The molecule has 0 atom stereocenters. The van der Waals surface area contributed by atoms with Crippen LogP contribution in [-0.2, 0) is 4.79 Å². The van der Waals surface area contributed by atoms with Gasteiger partial charge in [-0.1, -0.05) is 24.3 Å². The van der Waals surface area contributed by atoms with E-state index in [0.717, 1.165) is 37.1 Å². The van der Waals surface area contributed by atoms with Crippen LogP contribution >= 0.6 is 23.1 Å². The number of hydrogen-bond acceptors (Lipinski definition) is 5. The molecule has 4 aromatic rings. The summed E-state index contributed by atoms with van der Waals surface area (Å²) in [6, 6.07) is 23.6. The molecule has 0 aliphatic heterocycles. The lowest BCUT2D eigenvalue weighted by atomic mass is 10.2. The molecule has 0 unspecified atom stereocenters. The number of benzene rings is 3. The van der Waals surface area contributed by atoms with Gasteiger partial charge in [0.2, 0.25) is 5.91 Å². The number of carbonyl (C=O) groups excluding carboxylic acids is 1. The van der Waals surface area contributed by atoms with E-state index in [9.17, 15) is 4.79 Å². The number of para-hydroxylation sites is 2. The summed E-state index contributed by atoms with van der Waals surface area (Å²) in [7, 11) is 0. The van der Waals surface area contributed by atoms with E-state index < -0.39 is 0 Å². The maximum atomic E-state index is 12.5. The number of nitrogens with zero attached hydrogens (tertiary/aromatic N) is 1. The highest BCUT2D eigenvalue weighted by Gasteiger charge is 2.12. The minimum Gasteiger partial charge on any atom is -0.494 e. The van der Waals surface area contributed by atoms with Gasteiger partial charge in [0, 0.05) is 10.5 Å². The number of thiazole rings is 1. The fourth-order valence-corrected chi connectivity index (χ4v) is 4.60. The van der Waals surface area contributed by atoms with Crippen molar-refractivity contribution in [3.05, 3.63) is 72.8 Å². The van der Waals surface area contributed by atoms with Crippen molar-refractivity contribution in [1.29, 1.82) is 0 Å². The number of anilines is 1. The van der Waals surface area contributed by atoms with Gasteiger partial charge in [-0.05, 0) is 55.5 Å². The van der Waals surface area contributed by atoms with E-state index in [2.05, 4.69) is 11.4 Å². The van der Waals surface area contributed by atoms with E-state index in [1.54, 1.807) is 11.3 Å². The first-order valence-corrected chi connectivity index (χ1v) is 11.1. The van der Waals surface area contributed by atoms with Crippen LogP contribution < -0.4 is 10.1 Å². The fraction of sp³-hybridized carbons (Fsp3) is 0.130. The average Bonchev–Trinajstić information content (AvgIpc) is 3.18. The van der Waals surface area contributed by atoms with Gasteiger partial charge in [-0.25, -0.2) is 4.98 Å². The lowest BCUT2D eigenvalue weighted by molar-refractivity contribution is -0.113. The summed E-state index contributed by atoms with van der Waals surface area (Å²) >= 11 is 3.13. The molecule has 0 saturated heterocycles. The molecule has 1 amide bonds. The molecule has 4 rings (SSSR count). The Balaban J connectivity index is 1.44. The van der Waals surface area contributed by atoms with Crippen LogP contribution in [0.25, 0.3) is 20.8 Å². The standard InChI is InChI=1S/C23H20N2O2S2/c1-2-27-16-11-13-17(14-12-16)28-15-22(26)24-19-8-4-3-7-18(19)23-25-20-9-5-6-10-21(20)29-23/h3-14H,2,15H2,1H3,(H,24,26). The second-order valence-corrected chi connectivity index (χ2v) is 8.35. The van der Waals surface area contributed by atoms with E-state index >= 15 is 0 Å².